The summed E-state index contributed by atoms with van der Waals surface area (Å²) in [5.41, 5.74) is 2.46. The predicted octanol–water partition coefficient (Wildman–Crippen LogP) is 2.74. The van der Waals surface area contributed by atoms with Crippen molar-refractivity contribution in [2.75, 3.05) is 6.54 Å². The van der Waals surface area contributed by atoms with Crippen molar-refractivity contribution in [2.24, 2.45) is 5.92 Å². The van der Waals surface area contributed by atoms with E-state index in [1.807, 2.05) is 12.1 Å². The molecule has 5 heteroatoms. The molecule has 4 nitrogen and oxygen atoms in total. The van der Waals surface area contributed by atoms with Crippen LogP contribution in [0, 0.1) is 5.92 Å². The maximum atomic E-state index is 13.1. The Morgan fingerprint density at radius 2 is 1.91 bits per heavy atom. The quantitative estimate of drug-likeness (QED) is 0.923. The lowest BCUT2D eigenvalue weighted by atomic mass is 9.92. The molecule has 0 radical (unpaired) electrons. The SMILES string of the molecule is C[C@@H]1CCN(S(=O)(=O)c2ccc3c(c2)CCCC3)[C@@H]([C@@H](C)O)C1. The van der Waals surface area contributed by atoms with Gasteiger partial charge in [0.2, 0.25) is 10.0 Å². The smallest absolute Gasteiger partial charge is 0.243 e. The van der Waals surface area contributed by atoms with E-state index in [1.54, 1.807) is 13.0 Å². The van der Waals surface area contributed by atoms with Gasteiger partial charge in [0, 0.05) is 6.54 Å². The zero-order valence-electron chi connectivity index (χ0n) is 14.0. The van der Waals surface area contributed by atoms with E-state index >= 15 is 0 Å². The van der Waals surface area contributed by atoms with Gasteiger partial charge in [-0.1, -0.05) is 13.0 Å². The summed E-state index contributed by atoms with van der Waals surface area (Å²) in [5.74, 6) is 0.449. The van der Waals surface area contributed by atoms with E-state index in [4.69, 9.17) is 0 Å². The molecule has 23 heavy (non-hydrogen) atoms. The zero-order chi connectivity index (χ0) is 16.6. The second-order valence-corrected chi connectivity index (χ2v) is 9.08. The summed E-state index contributed by atoms with van der Waals surface area (Å²) >= 11 is 0. The lowest BCUT2D eigenvalue weighted by Crippen LogP contribution is -2.50. The topological polar surface area (TPSA) is 57.6 Å². The third kappa shape index (κ3) is 3.32. The highest BCUT2D eigenvalue weighted by molar-refractivity contribution is 7.89. The molecular formula is C18H27NO3S. The molecule has 1 aromatic carbocycles. The summed E-state index contributed by atoms with van der Waals surface area (Å²) in [6.45, 7) is 4.31. The van der Waals surface area contributed by atoms with Crippen LogP contribution < -0.4 is 0 Å². The molecule has 1 fully saturated rings. The molecule has 1 aromatic rings. The Bertz CT molecular complexity index is 669. The van der Waals surface area contributed by atoms with Crippen LogP contribution in [0.2, 0.25) is 0 Å². The summed E-state index contributed by atoms with van der Waals surface area (Å²) in [5, 5.41) is 10.1. The van der Waals surface area contributed by atoms with Crippen LogP contribution in [-0.4, -0.2) is 36.5 Å². The molecule has 1 N–H and O–H groups in total. The van der Waals surface area contributed by atoms with E-state index in [1.165, 1.54) is 21.9 Å². The van der Waals surface area contributed by atoms with Crippen LogP contribution in [0.3, 0.4) is 0 Å². The molecule has 1 aliphatic carbocycles. The van der Waals surface area contributed by atoms with Gasteiger partial charge in [0.1, 0.15) is 0 Å². The number of nitrogens with zero attached hydrogens (tertiary/aromatic N) is 1. The van der Waals surface area contributed by atoms with Crippen molar-refractivity contribution in [3.8, 4) is 0 Å². The van der Waals surface area contributed by atoms with Crippen molar-refractivity contribution in [1.29, 1.82) is 0 Å². The second kappa shape index (κ2) is 6.54. The first kappa shape index (κ1) is 16.9. The molecule has 0 amide bonds. The molecule has 0 unspecified atom stereocenters. The monoisotopic (exact) mass is 337 g/mol. The lowest BCUT2D eigenvalue weighted by Gasteiger charge is -2.39. The van der Waals surface area contributed by atoms with E-state index in [9.17, 15) is 13.5 Å². The van der Waals surface area contributed by atoms with Gasteiger partial charge in [-0.2, -0.15) is 4.31 Å². The zero-order valence-corrected chi connectivity index (χ0v) is 14.8. The van der Waals surface area contributed by atoms with Crippen molar-refractivity contribution in [2.45, 2.75) is 69.4 Å². The molecular weight excluding hydrogens is 310 g/mol. The summed E-state index contributed by atoms with van der Waals surface area (Å²) in [4.78, 5) is 0.387. The molecule has 2 aliphatic rings. The third-order valence-electron chi connectivity index (χ3n) is 5.34. The van der Waals surface area contributed by atoms with Gasteiger partial charge in [-0.15, -0.1) is 0 Å². The fourth-order valence-corrected chi connectivity index (χ4v) is 5.67. The van der Waals surface area contributed by atoms with Crippen LogP contribution >= 0.6 is 0 Å². The van der Waals surface area contributed by atoms with Gasteiger partial charge >= 0.3 is 0 Å². The van der Waals surface area contributed by atoms with Crippen molar-refractivity contribution in [1.82, 2.24) is 4.31 Å². The first-order valence-corrected chi connectivity index (χ1v) is 10.2. The van der Waals surface area contributed by atoms with Gasteiger partial charge in [0.15, 0.2) is 0 Å². The minimum atomic E-state index is -3.54. The molecule has 128 valence electrons. The molecule has 3 atom stereocenters. The number of rotatable bonds is 3. The van der Waals surface area contributed by atoms with Gasteiger partial charge in [-0.3, -0.25) is 0 Å². The van der Waals surface area contributed by atoms with Crippen LogP contribution in [0.5, 0.6) is 0 Å². The highest BCUT2D eigenvalue weighted by atomic mass is 32.2. The number of benzene rings is 1. The molecule has 1 heterocycles. The number of sulfonamides is 1. The molecule has 3 rings (SSSR count). The minimum absolute atomic E-state index is 0.320. The molecule has 0 saturated carbocycles. The van der Waals surface area contributed by atoms with Crippen LogP contribution in [0.15, 0.2) is 23.1 Å². The normalized spacial score (nSPS) is 27.4. The molecule has 0 aromatic heterocycles. The molecule has 1 aliphatic heterocycles. The number of aliphatic hydroxyl groups excluding tert-OH is 1. The Balaban J connectivity index is 1.94. The molecule has 0 spiro atoms. The van der Waals surface area contributed by atoms with Gasteiger partial charge in [0.25, 0.3) is 0 Å². The summed E-state index contributed by atoms with van der Waals surface area (Å²) < 4.78 is 27.7. The average Bonchev–Trinajstić information content (AvgIpc) is 2.54. The number of aryl methyl sites for hydroxylation is 2. The van der Waals surface area contributed by atoms with Crippen LogP contribution in [0.4, 0.5) is 0 Å². The number of hydrogen-bond donors (Lipinski definition) is 1. The van der Waals surface area contributed by atoms with Crippen LogP contribution in [-0.2, 0) is 22.9 Å². The Morgan fingerprint density at radius 1 is 1.22 bits per heavy atom. The Kier molecular flexibility index (Phi) is 4.81. The largest absolute Gasteiger partial charge is 0.392 e. The number of hydrogen-bond acceptors (Lipinski definition) is 3. The summed E-state index contributed by atoms with van der Waals surface area (Å²) in [7, 11) is -3.54. The van der Waals surface area contributed by atoms with Gasteiger partial charge in [0.05, 0.1) is 17.0 Å². The Morgan fingerprint density at radius 3 is 2.61 bits per heavy atom. The average molecular weight is 337 g/mol. The van der Waals surface area contributed by atoms with Crippen molar-refractivity contribution >= 4 is 10.0 Å². The third-order valence-corrected chi connectivity index (χ3v) is 7.26. The summed E-state index contributed by atoms with van der Waals surface area (Å²) in [6, 6.07) is 5.27. The standard InChI is InChI=1S/C18H27NO3S/c1-13-9-10-19(18(11-13)14(2)20)23(21,22)17-8-7-15-5-3-4-6-16(15)12-17/h7-8,12-14,18,20H,3-6,9-11H2,1-2H3/t13-,14-,18-/m1/s1. The van der Waals surface area contributed by atoms with Crippen molar-refractivity contribution < 1.29 is 13.5 Å². The Hall–Kier alpha value is -0.910. The van der Waals surface area contributed by atoms with Crippen molar-refractivity contribution in [3.05, 3.63) is 29.3 Å². The highest BCUT2D eigenvalue weighted by Gasteiger charge is 2.38. The van der Waals surface area contributed by atoms with Gasteiger partial charge < -0.3 is 5.11 Å². The fourth-order valence-electron chi connectivity index (χ4n) is 3.90. The molecule has 0 bridgehead atoms. The highest BCUT2D eigenvalue weighted by Crippen LogP contribution is 2.32. The minimum Gasteiger partial charge on any atom is -0.392 e. The number of piperidine rings is 1. The van der Waals surface area contributed by atoms with E-state index in [2.05, 4.69) is 6.92 Å². The van der Waals surface area contributed by atoms with E-state index < -0.39 is 16.1 Å². The first-order chi connectivity index (χ1) is 10.9. The maximum Gasteiger partial charge on any atom is 0.243 e. The van der Waals surface area contributed by atoms with E-state index in [0.29, 0.717) is 17.4 Å². The number of aliphatic hydroxyl groups is 1. The van der Waals surface area contributed by atoms with Crippen molar-refractivity contribution in [3.63, 3.8) is 0 Å². The fraction of sp³-hybridized carbons (Fsp3) is 0.667. The van der Waals surface area contributed by atoms with E-state index in [0.717, 1.165) is 32.1 Å². The lowest BCUT2D eigenvalue weighted by molar-refractivity contribution is 0.0676. The van der Waals surface area contributed by atoms with Gasteiger partial charge in [-0.05, 0) is 74.6 Å². The number of fused-ring (bicyclic) bond motifs is 1. The Labute approximate surface area is 139 Å². The van der Waals surface area contributed by atoms with Crippen LogP contribution in [0.25, 0.3) is 0 Å². The summed E-state index contributed by atoms with van der Waals surface area (Å²) in [6.07, 6.45) is 5.27. The van der Waals surface area contributed by atoms with Gasteiger partial charge in [-0.25, -0.2) is 8.42 Å². The second-order valence-electron chi connectivity index (χ2n) is 7.19. The predicted molar refractivity (Wildman–Crippen MR) is 90.8 cm³/mol. The maximum absolute atomic E-state index is 13.1. The molecule has 1 saturated heterocycles. The van der Waals surface area contributed by atoms with Crippen LogP contribution in [0.1, 0.15) is 50.7 Å². The van der Waals surface area contributed by atoms with E-state index in [-0.39, 0.29) is 6.04 Å². The first-order valence-electron chi connectivity index (χ1n) is 8.71.